The van der Waals surface area contributed by atoms with Gasteiger partial charge in [0.1, 0.15) is 0 Å². The highest BCUT2D eigenvalue weighted by molar-refractivity contribution is 4.99. The van der Waals surface area contributed by atoms with Crippen molar-refractivity contribution in [2.75, 3.05) is 19.6 Å². The molecule has 1 unspecified atom stereocenters. The third-order valence-electron chi connectivity index (χ3n) is 3.08. The summed E-state index contributed by atoms with van der Waals surface area (Å²) in [6.07, 6.45) is 8.95. The van der Waals surface area contributed by atoms with Crippen molar-refractivity contribution in [1.29, 1.82) is 0 Å². The van der Waals surface area contributed by atoms with Gasteiger partial charge in [0.25, 0.3) is 0 Å². The maximum absolute atomic E-state index is 5.43. The molecule has 1 aliphatic rings. The molecule has 1 aliphatic heterocycles. The predicted octanol–water partition coefficient (Wildman–Crippen LogP) is 1.47. The first-order chi connectivity index (χ1) is 6.80. The average molecular weight is 194 g/mol. The van der Waals surface area contributed by atoms with Crippen molar-refractivity contribution >= 4 is 0 Å². The molecule has 2 nitrogen and oxygen atoms in total. The molecule has 0 spiro atoms. The molecule has 2 heteroatoms. The lowest BCUT2D eigenvalue weighted by Gasteiger charge is -2.32. The van der Waals surface area contributed by atoms with Gasteiger partial charge < -0.3 is 10.2 Å². The van der Waals surface area contributed by atoms with Gasteiger partial charge in [-0.05, 0) is 38.9 Å². The van der Waals surface area contributed by atoms with Gasteiger partial charge in [-0.3, -0.25) is 0 Å². The highest BCUT2D eigenvalue weighted by atomic mass is 15.1. The van der Waals surface area contributed by atoms with Crippen LogP contribution in [0.1, 0.15) is 33.1 Å². The summed E-state index contributed by atoms with van der Waals surface area (Å²) in [4.78, 5) is 2.50. The first-order valence-corrected chi connectivity index (χ1v) is 5.74. The Labute approximate surface area is 88.1 Å². The highest BCUT2D eigenvalue weighted by Crippen LogP contribution is 2.10. The fourth-order valence-electron chi connectivity index (χ4n) is 1.98. The third kappa shape index (κ3) is 3.32. The zero-order chi connectivity index (χ0) is 10.4. The van der Waals surface area contributed by atoms with Crippen LogP contribution in [0.2, 0.25) is 0 Å². The molecular formula is C12H22N2. The van der Waals surface area contributed by atoms with Gasteiger partial charge in [0.15, 0.2) is 0 Å². The molecule has 0 aromatic rings. The van der Waals surface area contributed by atoms with Crippen molar-refractivity contribution in [3.8, 4) is 12.3 Å². The largest absolute Gasteiger partial charge is 0.303 e. The number of nitrogens with one attached hydrogen (secondary N) is 1. The molecule has 0 amide bonds. The van der Waals surface area contributed by atoms with E-state index in [-0.39, 0.29) is 6.04 Å². The predicted molar refractivity (Wildman–Crippen MR) is 61.2 cm³/mol. The SMILES string of the molecule is C#CC(CC)NC1CCN(CC)CC1. The Morgan fingerprint density at radius 2 is 2.07 bits per heavy atom. The maximum Gasteiger partial charge on any atom is 0.0686 e. The van der Waals surface area contributed by atoms with Crippen molar-refractivity contribution in [2.24, 2.45) is 0 Å². The van der Waals surface area contributed by atoms with Crippen LogP contribution < -0.4 is 5.32 Å². The summed E-state index contributed by atoms with van der Waals surface area (Å²) >= 11 is 0. The molecule has 1 N–H and O–H groups in total. The molecule has 1 rings (SSSR count). The number of likely N-dealkylation sites (tertiary alicyclic amines) is 1. The number of terminal acetylenes is 1. The van der Waals surface area contributed by atoms with E-state index in [0.717, 1.165) is 6.42 Å². The minimum absolute atomic E-state index is 0.271. The number of nitrogens with zero attached hydrogens (tertiary/aromatic N) is 1. The molecule has 14 heavy (non-hydrogen) atoms. The molecule has 0 aliphatic carbocycles. The van der Waals surface area contributed by atoms with Crippen molar-refractivity contribution in [1.82, 2.24) is 10.2 Å². The van der Waals surface area contributed by atoms with E-state index >= 15 is 0 Å². The summed E-state index contributed by atoms with van der Waals surface area (Å²) in [5.41, 5.74) is 0. The maximum atomic E-state index is 5.43. The Hall–Kier alpha value is -0.520. The van der Waals surface area contributed by atoms with Gasteiger partial charge in [-0.15, -0.1) is 6.42 Å². The fraction of sp³-hybridized carbons (Fsp3) is 0.833. The van der Waals surface area contributed by atoms with Gasteiger partial charge in [0.05, 0.1) is 6.04 Å². The summed E-state index contributed by atoms with van der Waals surface area (Å²) < 4.78 is 0. The van der Waals surface area contributed by atoms with Gasteiger partial charge in [0.2, 0.25) is 0 Å². The van der Waals surface area contributed by atoms with Gasteiger partial charge in [-0.2, -0.15) is 0 Å². The zero-order valence-corrected chi connectivity index (χ0v) is 9.42. The van der Waals surface area contributed by atoms with Gasteiger partial charge >= 0.3 is 0 Å². The number of piperidine rings is 1. The molecular weight excluding hydrogens is 172 g/mol. The zero-order valence-electron chi connectivity index (χ0n) is 9.42. The van der Waals surface area contributed by atoms with E-state index in [2.05, 4.69) is 30.0 Å². The van der Waals surface area contributed by atoms with Crippen LogP contribution in [0.15, 0.2) is 0 Å². The van der Waals surface area contributed by atoms with E-state index in [9.17, 15) is 0 Å². The van der Waals surface area contributed by atoms with Crippen LogP contribution >= 0.6 is 0 Å². The van der Waals surface area contributed by atoms with Crippen LogP contribution in [-0.4, -0.2) is 36.6 Å². The number of hydrogen-bond donors (Lipinski definition) is 1. The Morgan fingerprint density at radius 1 is 1.43 bits per heavy atom. The monoisotopic (exact) mass is 194 g/mol. The molecule has 0 saturated carbocycles. The summed E-state index contributed by atoms with van der Waals surface area (Å²) in [7, 11) is 0. The Morgan fingerprint density at radius 3 is 2.50 bits per heavy atom. The summed E-state index contributed by atoms with van der Waals surface area (Å²) in [5.74, 6) is 2.80. The van der Waals surface area contributed by atoms with Crippen LogP contribution in [0.4, 0.5) is 0 Å². The lowest BCUT2D eigenvalue weighted by molar-refractivity contribution is 0.202. The second-order valence-corrected chi connectivity index (χ2v) is 4.00. The minimum atomic E-state index is 0.271. The van der Waals surface area contributed by atoms with Gasteiger partial charge in [0, 0.05) is 6.04 Å². The van der Waals surface area contributed by atoms with Crippen LogP contribution in [0.25, 0.3) is 0 Å². The smallest absolute Gasteiger partial charge is 0.0686 e. The third-order valence-corrected chi connectivity index (χ3v) is 3.08. The van der Waals surface area contributed by atoms with E-state index < -0.39 is 0 Å². The molecule has 0 aromatic heterocycles. The van der Waals surface area contributed by atoms with Crippen molar-refractivity contribution in [3.05, 3.63) is 0 Å². The minimum Gasteiger partial charge on any atom is -0.303 e. The van der Waals surface area contributed by atoms with Crippen LogP contribution in [-0.2, 0) is 0 Å². The lowest BCUT2D eigenvalue weighted by Crippen LogP contribution is -2.45. The topological polar surface area (TPSA) is 15.3 Å². The molecule has 1 heterocycles. The Bertz CT molecular complexity index is 187. The molecule has 0 aromatic carbocycles. The quantitative estimate of drug-likeness (QED) is 0.682. The Kier molecular flexibility index (Phi) is 5.00. The summed E-state index contributed by atoms with van der Waals surface area (Å²) in [6.45, 7) is 7.98. The van der Waals surface area contributed by atoms with Crippen molar-refractivity contribution in [2.45, 2.75) is 45.2 Å². The first-order valence-electron chi connectivity index (χ1n) is 5.74. The van der Waals surface area contributed by atoms with Crippen LogP contribution in [0, 0.1) is 12.3 Å². The van der Waals surface area contributed by atoms with Crippen LogP contribution in [0.3, 0.4) is 0 Å². The molecule has 0 radical (unpaired) electrons. The second-order valence-electron chi connectivity index (χ2n) is 4.00. The van der Waals surface area contributed by atoms with E-state index in [1.165, 1.54) is 32.5 Å². The lowest BCUT2D eigenvalue weighted by atomic mass is 10.0. The van der Waals surface area contributed by atoms with E-state index in [4.69, 9.17) is 6.42 Å². The molecule has 1 fully saturated rings. The molecule has 1 saturated heterocycles. The first kappa shape index (κ1) is 11.6. The molecule has 1 atom stereocenters. The molecule has 0 bridgehead atoms. The van der Waals surface area contributed by atoms with E-state index in [1.54, 1.807) is 0 Å². The van der Waals surface area contributed by atoms with Gasteiger partial charge in [-0.1, -0.05) is 19.8 Å². The normalized spacial score (nSPS) is 21.8. The highest BCUT2D eigenvalue weighted by Gasteiger charge is 2.19. The number of rotatable bonds is 4. The standard InChI is InChI=1S/C12H22N2/c1-4-11(5-2)13-12-7-9-14(6-3)10-8-12/h1,11-13H,5-10H2,2-3H3. The van der Waals surface area contributed by atoms with E-state index in [0.29, 0.717) is 6.04 Å². The van der Waals surface area contributed by atoms with Crippen LogP contribution in [0.5, 0.6) is 0 Å². The summed E-state index contributed by atoms with van der Waals surface area (Å²) in [5, 5.41) is 3.54. The average Bonchev–Trinajstić information content (AvgIpc) is 2.26. The molecule has 80 valence electrons. The van der Waals surface area contributed by atoms with Crippen molar-refractivity contribution in [3.63, 3.8) is 0 Å². The van der Waals surface area contributed by atoms with E-state index in [1.807, 2.05) is 0 Å². The summed E-state index contributed by atoms with van der Waals surface area (Å²) in [6, 6.07) is 0.909. The van der Waals surface area contributed by atoms with Gasteiger partial charge in [-0.25, -0.2) is 0 Å². The second kappa shape index (κ2) is 6.06. The fourth-order valence-corrected chi connectivity index (χ4v) is 1.98. The van der Waals surface area contributed by atoms with Crippen molar-refractivity contribution < 1.29 is 0 Å². The number of hydrogen-bond acceptors (Lipinski definition) is 2. The Balaban J connectivity index is 2.25.